The van der Waals surface area contributed by atoms with Crippen molar-refractivity contribution in [1.82, 2.24) is 9.78 Å². The Bertz CT molecular complexity index is 995. The number of aryl methyl sites for hydroxylation is 1. The van der Waals surface area contributed by atoms with E-state index < -0.39 is 34.5 Å². The molecule has 3 nitrogen and oxygen atoms in total. The molecule has 1 saturated heterocycles. The maximum atomic E-state index is 14.9. The number of hydrogen-bond acceptors (Lipinski definition) is 1. The minimum absolute atomic E-state index is 0.0703. The summed E-state index contributed by atoms with van der Waals surface area (Å²) in [6.45, 7) is 2.99. The fraction of sp³-hybridized carbons (Fsp3) is 0.318. The van der Waals surface area contributed by atoms with E-state index in [1.54, 1.807) is 25.1 Å². The van der Waals surface area contributed by atoms with Crippen molar-refractivity contribution in [3.63, 3.8) is 0 Å². The van der Waals surface area contributed by atoms with Crippen LogP contribution in [0, 0.1) is 30.2 Å². The molecule has 3 aromatic rings. The molecule has 0 radical (unpaired) electrons. The molecule has 7 heteroatoms. The second-order valence-corrected chi connectivity index (χ2v) is 7.52. The molecule has 29 heavy (non-hydrogen) atoms. The van der Waals surface area contributed by atoms with Crippen LogP contribution < -0.4 is 4.90 Å². The minimum Gasteiger partial charge on any atom is -0.331 e. The summed E-state index contributed by atoms with van der Waals surface area (Å²) < 4.78 is 60.2. The van der Waals surface area contributed by atoms with Crippen LogP contribution in [0.2, 0.25) is 0 Å². The van der Waals surface area contributed by atoms with Gasteiger partial charge in [0, 0.05) is 11.3 Å². The Hall–Kier alpha value is -2.67. The number of likely N-dealkylation sites (tertiary alicyclic amines) is 1. The van der Waals surface area contributed by atoms with Gasteiger partial charge in [-0.2, -0.15) is 5.10 Å². The van der Waals surface area contributed by atoms with Crippen molar-refractivity contribution in [2.45, 2.75) is 32.7 Å². The van der Waals surface area contributed by atoms with E-state index in [4.69, 9.17) is 0 Å². The number of rotatable bonds is 4. The average Bonchev–Trinajstić information content (AvgIpc) is 3.13. The number of benzene rings is 2. The lowest BCUT2D eigenvalue weighted by Crippen LogP contribution is -3.11. The maximum absolute atomic E-state index is 14.9. The van der Waals surface area contributed by atoms with Gasteiger partial charge in [-0.05, 0) is 32.3 Å². The van der Waals surface area contributed by atoms with E-state index in [1.807, 2.05) is 18.2 Å². The normalized spacial score (nSPS) is 15.1. The minimum atomic E-state index is -1.42. The van der Waals surface area contributed by atoms with Gasteiger partial charge in [-0.1, -0.05) is 30.3 Å². The summed E-state index contributed by atoms with van der Waals surface area (Å²) in [7, 11) is 0. The third kappa shape index (κ3) is 3.67. The summed E-state index contributed by atoms with van der Waals surface area (Å²) in [6, 6.07) is 10.7. The monoisotopic (exact) mass is 404 g/mol. The molecule has 0 bridgehead atoms. The van der Waals surface area contributed by atoms with E-state index in [0.717, 1.165) is 47.5 Å². The molecule has 0 aliphatic carbocycles. The van der Waals surface area contributed by atoms with E-state index in [1.165, 1.54) is 0 Å². The molecule has 1 aliphatic rings. The summed E-state index contributed by atoms with van der Waals surface area (Å²) in [5.41, 5.74) is 0.214. The lowest BCUT2D eigenvalue weighted by molar-refractivity contribution is -0.918. The van der Waals surface area contributed by atoms with Crippen molar-refractivity contribution in [2.75, 3.05) is 13.1 Å². The molecule has 0 saturated carbocycles. The van der Waals surface area contributed by atoms with Gasteiger partial charge in [0.1, 0.15) is 12.2 Å². The second kappa shape index (κ2) is 7.99. The van der Waals surface area contributed by atoms with E-state index in [2.05, 4.69) is 5.10 Å². The molecule has 1 aromatic heterocycles. The Morgan fingerprint density at radius 1 is 0.897 bits per heavy atom. The molecule has 152 valence electrons. The Morgan fingerprint density at radius 3 is 2.14 bits per heavy atom. The highest BCUT2D eigenvalue weighted by Crippen LogP contribution is 2.29. The molecule has 0 atom stereocenters. The molecule has 4 rings (SSSR count). The van der Waals surface area contributed by atoms with Crippen molar-refractivity contribution in [3.05, 3.63) is 70.9 Å². The van der Waals surface area contributed by atoms with Gasteiger partial charge in [0.15, 0.2) is 23.3 Å². The zero-order valence-corrected chi connectivity index (χ0v) is 16.1. The van der Waals surface area contributed by atoms with Crippen LogP contribution in [0.1, 0.15) is 30.5 Å². The SMILES string of the molecule is Cc1cc(-c2ccccc2)nn1-c1c(F)c(F)c(C[NH+]2CCCCC2)c(F)c1F. The molecule has 2 aromatic carbocycles. The number of hydrogen-bond donors (Lipinski definition) is 1. The second-order valence-electron chi connectivity index (χ2n) is 7.52. The van der Waals surface area contributed by atoms with Gasteiger partial charge < -0.3 is 4.90 Å². The predicted molar refractivity (Wildman–Crippen MR) is 102 cm³/mol. The maximum Gasteiger partial charge on any atom is 0.188 e. The zero-order valence-electron chi connectivity index (χ0n) is 16.1. The van der Waals surface area contributed by atoms with Crippen LogP contribution in [0.25, 0.3) is 16.9 Å². The molecular weight excluding hydrogens is 382 g/mol. The van der Waals surface area contributed by atoms with Crippen molar-refractivity contribution in [3.8, 4) is 16.9 Å². The highest BCUT2D eigenvalue weighted by Gasteiger charge is 2.30. The van der Waals surface area contributed by atoms with Crippen LogP contribution in [0.5, 0.6) is 0 Å². The van der Waals surface area contributed by atoms with E-state index >= 15 is 0 Å². The highest BCUT2D eigenvalue weighted by atomic mass is 19.2. The van der Waals surface area contributed by atoms with Crippen LogP contribution in [-0.4, -0.2) is 22.9 Å². The van der Waals surface area contributed by atoms with Gasteiger partial charge in [0.2, 0.25) is 0 Å². The van der Waals surface area contributed by atoms with Crippen molar-refractivity contribution >= 4 is 0 Å². The first kappa shape index (κ1) is 19.6. The number of nitrogens with one attached hydrogen (secondary N) is 1. The Balaban J connectivity index is 1.76. The predicted octanol–water partition coefficient (Wildman–Crippen LogP) is 3.97. The fourth-order valence-electron chi connectivity index (χ4n) is 3.94. The number of piperidine rings is 1. The largest absolute Gasteiger partial charge is 0.331 e. The Kier molecular flexibility index (Phi) is 5.41. The zero-order chi connectivity index (χ0) is 20.5. The van der Waals surface area contributed by atoms with Crippen LogP contribution >= 0.6 is 0 Å². The van der Waals surface area contributed by atoms with Crippen LogP contribution in [0.3, 0.4) is 0 Å². The van der Waals surface area contributed by atoms with Crippen LogP contribution in [0.4, 0.5) is 17.6 Å². The molecule has 0 spiro atoms. The van der Waals surface area contributed by atoms with Gasteiger partial charge in [0.05, 0.1) is 24.3 Å². The molecule has 1 aliphatic heterocycles. The topological polar surface area (TPSA) is 22.3 Å². The van der Waals surface area contributed by atoms with E-state index in [-0.39, 0.29) is 6.54 Å². The van der Waals surface area contributed by atoms with Gasteiger partial charge in [0.25, 0.3) is 0 Å². The van der Waals surface area contributed by atoms with Crippen LogP contribution in [-0.2, 0) is 6.54 Å². The Labute approximate surface area is 166 Å². The summed E-state index contributed by atoms with van der Waals surface area (Å²) in [6.07, 6.45) is 2.95. The molecular formula is C22H22F4N3+. The van der Waals surface area contributed by atoms with Gasteiger partial charge >= 0.3 is 0 Å². The first-order valence-corrected chi connectivity index (χ1v) is 9.78. The van der Waals surface area contributed by atoms with Gasteiger partial charge in [-0.15, -0.1) is 0 Å². The van der Waals surface area contributed by atoms with Crippen molar-refractivity contribution in [1.29, 1.82) is 0 Å². The molecule has 1 N–H and O–H groups in total. The smallest absolute Gasteiger partial charge is 0.188 e. The van der Waals surface area contributed by atoms with Crippen LogP contribution in [0.15, 0.2) is 36.4 Å². The molecule has 0 amide bonds. The average molecular weight is 404 g/mol. The highest BCUT2D eigenvalue weighted by molar-refractivity contribution is 5.60. The van der Waals surface area contributed by atoms with Gasteiger partial charge in [-0.3, -0.25) is 0 Å². The number of nitrogens with zero attached hydrogens (tertiary/aromatic N) is 2. The first-order valence-electron chi connectivity index (χ1n) is 9.78. The molecule has 0 unspecified atom stereocenters. The van der Waals surface area contributed by atoms with Gasteiger partial charge in [-0.25, -0.2) is 22.2 Å². The van der Waals surface area contributed by atoms with E-state index in [0.29, 0.717) is 11.4 Å². The summed E-state index contributed by atoms with van der Waals surface area (Å²) in [5.74, 6) is -5.51. The number of aromatic nitrogens is 2. The Morgan fingerprint density at radius 2 is 1.52 bits per heavy atom. The quantitative estimate of drug-likeness (QED) is 0.516. The molecule has 2 heterocycles. The third-order valence-electron chi connectivity index (χ3n) is 5.49. The molecule has 1 fully saturated rings. The fourth-order valence-corrected chi connectivity index (χ4v) is 3.94. The van der Waals surface area contributed by atoms with Crippen molar-refractivity contribution in [2.24, 2.45) is 0 Å². The summed E-state index contributed by atoms with van der Waals surface area (Å²) in [4.78, 5) is 0.933. The lowest BCUT2D eigenvalue weighted by Gasteiger charge is -2.24. The number of halogens is 4. The van der Waals surface area contributed by atoms with Crippen molar-refractivity contribution < 1.29 is 22.5 Å². The standard InChI is InChI=1S/C22H21F4N3/c1-14-12-17(15-8-4-2-5-9-15)27-29(14)22-20(25)18(23)16(19(24)21(22)26)13-28-10-6-3-7-11-28/h2,4-5,8-9,12H,3,6-7,10-11,13H2,1H3/p+1. The summed E-state index contributed by atoms with van der Waals surface area (Å²) in [5, 5.41) is 4.20. The van der Waals surface area contributed by atoms with E-state index in [9.17, 15) is 17.6 Å². The number of quaternary nitrogens is 1. The lowest BCUT2D eigenvalue weighted by atomic mass is 10.1. The first-order chi connectivity index (χ1) is 14.0. The summed E-state index contributed by atoms with van der Waals surface area (Å²) >= 11 is 0. The third-order valence-corrected chi connectivity index (χ3v) is 5.49.